The van der Waals surface area contributed by atoms with E-state index in [1.807, 2.05) is 61.5 Å². The van der Waals surface area contributed by atoms with Crippen LogP contribution in [-0.4, -0.2) is 53.3 Å². The molecule has 7 heteroatoms. The molecule has 0 heterocycles. The number of nitrogens with zero attached hydrogens (tertiary/aromatic N) is 1. The van der Waals surface area contributed by atoms with E-state index < -0.39 is 12.0 Å². The van der Waals surface area contributed by atoms with Gasteiger partial charge in [-0.15, -0.1) is 0 Å². The maximum atomic E-state index is 12.7. The quantitative estimate of drug-likeness (QED) is 0.428. The molecule has 2 amide bonds. The number of anilines is 1. The number of methoxy groups -OCH3 is 1. The lowest BCUT2D eigenvalue weighted by molar-refractivity contribution is -0.131. The van der Waals surface area contributed by atoms with Crippen molar-refractivity contribution in [2.24, 2.45) is 5.92 Å². The second-order valence-corrected chi connectivity index (χ2v) is 7.96. The maximum absolute atomic E-state index is 12.7. The molecule has 7 nitrogen and oxygen atoms in total. The topological polar surface area (TPSA) is 99.1 Å². The number of hydrogen-bond acceptors (Lipinski definition) is 5. The van der Waals surface area contributed by atoms with Crippen LogP contribution in [0.2, 0.25) is 0 Å². The van der Waals surface area contributed by atoms with Crippen LogP contribution < -0.4 is 5.32 Å². The summed E-state index contributed by atoms with van der Waals surface area (Å²) in [5, 5.41) is 21.3. The molecule has 0 aromatic heterocycles. The molecule has 178 valence electrons. The van der Waals surface area contributed by atoms with Gasteiger partial charge in [0.1, 0.15) is 6.10 Å². The first-order valence-electron chi connectivity index (χ1n) is 11.1. The van der Waals surface area contributed by atoms with Crippen LogP contribution in [0, 0.1) is 5.92 Å². The zero-order chi connectivity index (χ0) is 24.2. The van der Waals surface area contributed by atoms with E-state index in [0.29, 0.717) is 12.2 Å². The average molecular weight is 455 g/mol. The molecular weight excluding hydrogens is 420 g/mol. The van der Waals surface area contributed by atoms with Crippen LogP contribution >= 0.6 is 0 Å². The minimum atomic E-state index is -1.08. The van der Waals surface area contributed by atoms with Crippen molar-refractivity contribution in [3.8, 4) is 0 Å². The first kappa shape index (κ1) is 26.3. The van der Waals surface area contributed by atoms with E-state index in [2.05, 4.69) is 5.32 Å². The van der Waals surface area contributed by atoms with E-state index in [9.17, 15) is 19.8 Å². The highest BCUT2D eigenvalue weighted by Gasteiger charge is 2.18. The molecule has 0 spiro atoms. The molecule has 0 fully saturated rings. The molecule has 0 unspecified atom stereocenters. The Morgan fingerprint density at radius 3 is 2.33 bits per heavy atom. The zero-order valence-corrected chi connectivity index (χ0v) is 19.5. The summed E-state index contributed by atoms with van der Waals surface area (Å²) in [6.07, 6.45) is 2.72. The lowest BCUT2D eigenvalue weighted by atomic mass is 9.96. The van der Waals surface area contributed by atoms with Gasteiger partial charge in [0.15, 0.2) is 0 Å². The number of nitrogens with one attached hydrogen (secondary N) is 1. The summed E-state index contributed by atoms with van der Waals surface area (Å²) in [6, 6.07) is 17.0. The molecule has 2 aromatic rings. The average Bonchev–Trinajstić information content (AvgIpc) is 2.81. The van der Waals surface area contributed by atoms with Gasteiger partial charge in [-0.1, -0.05) is 61.5 Å². The number of carbonyl (C=O) groups excluding carboxylic acids is 2. The van der Waals surface area contributed by atoms with Crippen molar-refractivity contribution >= 4 is 17.5 Å². The molecular formula is C26H34N2O5. The molecule has 0 saturated heterocycles. The van der Waals surface area contributed by atoms with E-state index in [4.69, 9.17) is 4.74 Å². The summed E-state index contributed by atoms with van der Waals surface area (Å²) >= 11 is 0. The number of aliphatic hydroxyl groups is 2. The zero-order valence-electron chi connectivity index (χ0n) is 19.5. The molecule has 0 aliphatic rings. The Morgan fingerprint density at radius 1 is 1.09 bits per heavy atom. The standard InChI is InChI=1S/C26H34N2O5/c1-19(25(33-3)22-12-14-23(15-13-22)27-26(32)20(2)30)8-7-11-24(31)28(16-17-29)18-21-9-5-4-6-10-21/h4-10,12-15,19-20,25,29-30H,11,16-18H2,1-3H3,(H,27,32)/b8-7+/t19-,20-,25+/m0/s1. The van der Waals surface area contributed by atoms with Crippen molar-refractivity contribution in [1.29, 1.82) is 0 Å². The van der Waals surface area contributed by atoms with Crippen LogP contribution in [0.1, 0.15) is 37.5 Å². The van der Waals surface area contributed by atoms with Gasteiger partial charge in [-0.05, 0) is 30.2 Å². The predicted molar refractivity (Wildman–Crippen MR) is 128 cm³/mol. The van der Waals surface area contributed by atoms with Crippen molar-refractivity contribution in [3.05, 3.63) is 77.9 Å². The van der Waals surface area contributed by atoms with Gasteiger partial charge in [-0.2, -0.15) is 0 Å². The number of ether oxygens (including phenoxy) is 1. The Morgan fingerprint density at radius 2 is 1.76 bits per heavy atom. The fourth-order valence-corrected chi connectivity index (χ4v) is 3.49. The number of carbonyl (C=O) groups is 2. The van der Waals surface area contributed by atoms with Gasteiger partial charge in [0.25, 0.3) is 5.91 Å². The van der Waals surface area contributed by atoms with Gasteiger partial charge in [-0.3, -0.25) is 9.59 Å². The lowest BCUT2D eigenvalue weighted by Gasteiger charge is -2.22. The third kappa shape index (κ3) is 8.46. The SMILES string of the molecule is CO[C@@H](c1ccc(NC(=O)[C@H](C)O)cc1)[C@@H](C)/C=C/CC(=O)N(CCO)Cc1ccccc1. The maximum Gasteiger partial charge on any atom is 0.252 e. The summed E-state index contributed by atoms with van der Waals surface area (Å²) in [7, 11) is 1.63. The Bertz CT molecular complexity index is 897. The Kier molecular flexibility index (Phi) is 10.8. The normalized spacial score (nSPS) is 14.0. The highest BCUT2D eigenvalue weighted by atomic mass is 16.5. The Balaban J connectivity index is 1.96. The molecule has 3 N–H and O–H groups in total. The van der Waals surface area contributed by atoms with Crippen LogP contribution in [0.5, 0.6) is 0 Å². The van der Waals surface area contributed by atoms with Crippen LogP contribution in [0.4, 0.5) is 5.69 Å². The molecule has 2 aromatic carbocycles. The lowest BCUT2D eigenvalue weighted by Crippen LogP contribution is -2.32. The van der Waals surface area contributed by atoms with Gasteiger partial charge < -0.3 is 25.2 Å². The van der Waals surface area contributed by atoms with Crippen LogP contribution in [0.25, 0.3) is 0 Å². The highest BCUT2D eigenvalue weighted by Crippen LogP contribution is 2.27. The van der Waals surface area contributed by atoms with Gasteiger partial charge >= 0.3 is 0 Å². The third-order valence-corrected chi connectivity index (χ3v) is 5.29. The molecule has 0 radical (unpaired) electrons. The predicted octanol–water partition coefficient (Wildman–Crippen LogP) is 3.30. The molecule has 2 rings (SSSR count). The molecule has 3 atom stereocenters. The Hall–Kier alpha value is -3.00. The molecule has 0 aliphatic heterocycles. The number of amides is 2. The van der Waals surface area contributed by atoms with E-state index >= 15 is 0 Å². The van der Waals surface area contributed by atoms with Crippen molar-refractivity contribution in [3.63, 3.8) is 0 Å². The monoisotopic (exact) mass is 454 g/mol. The van der Waals surface area contributed by atoms with Gasteiger partial charge in [0, 0.05) is 38.2 Å². The van der Waals surface area contributed by atoms with Crippen molar-refractivity contribution < 1.29 is 24.5 Å². The largest absolute Gasteiger partial charge is 0.395 e. The number of benzene rings is 2. The molecule has 33 heavy (non-hydrogen) atoms. The van der Waals surface area contributed by atoms with E-state index in [1.165, 1.54) is 6.92 Å². The number of aliphatic hydroxyl groups excluding tert-OH is 2. The summed E-state index contributed by atoms with van der Waals surface area (Å²) in [6.45, 7) is 4.08. The van der Waals surface area contributed by atoms with Crippen molar-refractivity contribution in [2.75, 3.05) is 25.6 Å². The van der Waals surface area contributed by atoms with E-state index in [-0.39, 0.29) is 37.5 Å². The van der Waals surface area contributed by atoms with Gasteiger partial charge in [0.2, 0.25) is 5.91 Å². The summed E-state index contributed by atoms with van der Waals surface area (Å²) in [4.78, 5) is 26.0. The van der Waals surface area contributed by atoms with Gasteiger partial charge in [-0.25, -0.2) is 0 Å². The first-order chi connectivity index (χ1) is 15.8. The smallest absolute Gasteiger partial charge is 0.252 e. The van der Waals surface area contributed by atoms with Crippen LogP contribution in [-0.2, 0) is 20.9 Å². The second-order valence-electron chi connectivity index (χ2n) is 7.96. The van der Waals surface area contributed by atoms with E-state index in [1.54, 1.807) is 24.1 Å². The number of rotatable bonds is 12. The van der Waals surface area contributed by atoms with Crippen LogP contribution in [0.3, 0.4) is 0 Å². The highest BCUT2D eigenvalue weighted by molar-refractivity contribution is 5.93. The Labute approximate surface area is 195 Å². The molecule has 0 bridgehead atoms. The van der Waals surface area contributed by atoms with Crippen molar-refractivity contribution in [1.82, 2.24) is 4.90 Å². The molecule has 0 aliphatic carbocycles. The second kappa shape index (κ2) is 13.5. The summed E-state index contributed by atoms with van der Waals surface area (Å²) in [5.74, 6) is -0.515. The fourth-order valence-electron chi connectivity index (χ4n) is 3.49. The summed E-state index contributed by atoms with van der Waals surface area (Å²) < 4.78 is 5.67. The van der Waals surface area contributed by atoms with Crippen molar-refractivity contribution in [2.45, 2.75) is 39.0 Å². The van der Waals surface area contributed by atoms with E-state index in [0.717, 1.165) is 11.1 Å². The molecule has 0 saturated carbocycles. The minimum absolute atomic E-state index is 0.00104. The third-order valence-electron chi connectivity index (χ3n) is 5.29. The van der Waals surface area contributed by atoms with Crippen LogP contribution in [0.15, 0.2) is 66.7 Å². The fraction of sp³-hybridized carbons (Fsp3) is 0.385. The minimum Gasteiger partial charge on any atom is -0.395 e. The number of hydrogen-bond donors (Lipinski definition) is 3. The first-order valence-corrected chi connectivity index (χ1v) is 11.1. The summed E-state index contributed by atoms with van der Waals surface area (Å²) in [5.41, 5.74) is 2.54. The van der Waals surface area contributed by atoms with Gasteiger partial charge in [0.05, 0.1) is 12.7 Å².